The third-order valence-electron chi connectivity index (χ3n) is 4.58. The van der Waals surface area contributed by atoms with E-state index in [1.165, 1.54) is 0 Å². The quantitative estimate of drug-likeness (QED) is 0.879. The van der Waals surface area contributed by atoms with E-state index in [0.29, 0.717) is 18.9 Å². The van der Waals surface area contributed by atoms with Crippen molar-refractivity contribution in [1.82, 2.24) is 10.2 Å². The summed E-state index contributed by atoms with van der Waals surface area (Å²) in [7, 11) is 0. The van der Waals surface area contributed by atoms with Gasteiger partial charge in [-0.15, -0.1) is 12.4 Å². The lowest BCUT2D eigenvalue weighted by Crippen LogP contribution is -2.39. The minimum absolute atomic E-state index is 0. The Morgan fingerprint density at radius 2 is 2.08 bits per heavy atom. The van der Waals surface area contributed by atoms with Gasteiger partial charge in [-0.3, -0.25) is 9.59 Å². The van der Waals surface area contributed by atoms with Crippen LogP contribution in [0.3, 0.4) is 0 Å². The van der Waals surface area contributed by atoms with E-state index in [1.54, 1.807) is 4.90 Å². The number of anilines is 1. The number of amides is 2. The van der Waals surface area contributed by atoms with Crippen LogP contribution in [0.5, 0.6) is 5.75 Å². The Morgan fingerprint density at radius 1 is 1.28 bits per heavy atom. The molecule has 2 fully saturated rings. The summed E-state index contributed by atoms with van der Waals surface area (Å²) in [6, 6.07) is 7.52. The largest absolute Gasteiger partial charge is 0.492 e. The highest BCUT2D eigenvalue weighted by molar-refractivity contribution is 6.01. The molecule has 2 heterocycles. The van der Waals surface area contributed by atoms with Crippen LogP contribution in [0.15, 0.2) is 24.3 Å². The standard InChI is InChI=1S/C18H25N3O3.ClH/c1-2-24-16-7-4-3-6-15(16)21-13-14(12-17(21)22)18(23)20-10-5-8-19-9-11-20;/h3-4,6-7,14,19H,2,5,8-13H2,1H3;1H. The summed E-state index contributed by atoms with van der Waals surface area (Å²) < 4.78 is 5.63. The first-order valence-electron chi connectivity index (χ1n) is 8.72. The maximum Gasteiger partial charge on any atom is 0.228 e. The Kier molecular flexibility index (Phi) is 7.08. The zero-order chi connectivity index (χ0) is 16.9. The fourth-order valence-electron chi connectivity index (χ4n) is 3.39. The monoisotopic (exact) mass is 367 g/mol. The van der Waals surface area contributed by atoms with Gasteiger partial charge < -0.3 is 19.9 Å². The second-order valence-corrected chi connectivity index (χ2v) is 6.23. The van der Waals surface area contributed by atoms with Gasteiger partial charge in [0, 0.05) is 32.6 Å². The molecule has 1 N–H and O–H groups in total. The number of carbonyl (C=O) groups excluding carboxylic acids is 2. The molecule has 0 spiro atoms. The van der Waals surface area contributed by atoms with Gasteiger partial charge in [-0.25, -0.2) is 0 Å². The summed E-state index contributed by atoms with van der Waals surface area (Å²) >= 11 is 0. The minimum atomic E-state index is -0.259. The van der Waals surface area contributed by atoms with Gasteiger partial charge in [-0.2, -0.15) is 0 Å². The maximum absolute atomic E-state index is 12.8. The van der Waals surface area contributed by atoms with Gasteiger partial charge in [0.2, 0.25) is 11.8 Å². The molecule has 2 saturated heterocycles. The van der Waals surface area contributed by atoms with E-state index in [-0.39, 0.29) is 36.6 Å². The van der Waals surface area contributed by atoms with Gasteiger partial charge in [-0.1, -0.05) is 12.1 Å². The van der Waals surface area contributed by atoms with Crippen molar-refractivity contribution in [2.24, 2.45) is 5.92 Å². The lowest BCUT2D eigenvalue weighted by atomic mass is 10.1. The van der Waals surface area contributed by atoms with E-state index >= 15 is 0 Å². The number of hydrogen-bond donors (Lipinski definition) is 1. The second kappa shape index (κ2) is 9.06. The molecule has 2 aliphatic rings. The summed E-state index contributed by atoms with van der Waals surface area (Å²) in [6.45, 7) is 6.16. The first kappa shape index (κ1) is 19.5. The van der Waals surface area contributed by atoms with Crippen molar-refractivity contribution in [1.29, 1.82) is 0 Å². The van der Waals surface area contributed by atoms with E-state index in [0.717, 1.165) is 38.3 Å². The van der Waals surface area contributed by atoms with Crippen LogP contribution in [0.25, 0.3) is 0 Å². The summed E-state index contributed by atoms with van der Waals surface area (Å²) in [4.78, 5) is 28.9. The van der Waals surface area contributed by atoms with Crippen molar-refractivity contribution in [2.75, 3.05) is 44.2 Å². The lowest BCUT2D eigenvalue weighted by molar-refractivity contribution is -0.135. The summed E-state index contributed by atoms with van der Waals surface area (Å²) in [5.74, 6) is 0.530. The molecule has 0 radical (unpaired) electrons. The van der Waals surface area contributed by atoms with Crippen LogP contribution in [0.1, 0.15) is 19.8 Å². The highest BCUT2D eigenvalue weighted by Crippen LogP contribution is 2.33. The molecule has 0 saturated carbocycles. The predicted molar refractivity (Wildman–Crippen MR) is 99.4 cm³/mol. The molecular weight excluding hydrogens is 342 g/mol. The van der Waals surface area contributed by atoms with Gasteiger partial charge in [0.25, 0.3) is 0 Å². The van der Waals surface area contributed by atoms with Gasteiger partial charge in [0.15, 0.2) is 0 Å². The van der Waals surface area contributed by atoms with Crippen molar-refractivity contribution < 1.29 is 14.3 Å². The van der Waals surface area contributed by atoms with Crippen LogP contribution in [0, 0.1) is 5.92 Å². The Balaban J connectivity index is 0.00000225. The van der Waals surface area contributed by atoms with E-state index in [1.807, 2.05) is 36.1 Å². The SMILES string of the molecule is CCOc1ccccc1N1CC(C(=O)N2CCCNCC2)CC1=O.Cl. The first-order valence-corrected chi connectivity index (χ1v) is 8.72. The molecule has 1 atom stereocenters. The molecule has 0 bridgehead atoms. The van der Waals surface area contributed by atoms with E-state index in [2.05, 4.69) is 5.32 Å². The van der Waals surface area contributed by atoms with Gasteiger partial charge in [-0.05, 0) is 32.0 Å². The maximum atomic E-state index is 12.8. The minimum Gasteiger partial charge on any atom is -0.492 e. The van der Waals surface area contributed by atoms with E-state index in [9.17, 15) is 9.59 Å². The highest BCUT2D eigenvalue weighted by atomic mass is 35.5. The van der Waals surface area contributed by atoms with E-state index < -0.39 is 0 Å². The molecule has 2 amide bonds. The summed E-state index contributed by atoms with van der Waals surface area (Å²) in [6.07, 6.45) is 1.24. The number of para-hydroxylation sites is 2. The zero-order valence-electron chi connectivity index (χ0n) is 14.6. The molecule has 0 aromatic heterocycles. The Morgan fingerprint density at radius 3 is 2.88 bits per heavy atom. The molecule has 0 aliphatic carbocycles. The Labute approximate surface area is 154 Å². The van der Waals surface area contributed by atoms with Crippen LogP contribution >= 0.6 is 12.4 Å². The molecule has 25 heavy (non-hydrogen) atoms. The number of carbonyl (C=O) groups is 2. The Hall–Kier alpha value is -1.79. The van der Waals surface area contributed by atoms with Crippen molar-refractivity contribution in [3.05, 3.63) is 24.3 Å². The van der Waals surface area contributed by atoms with E-state index in [4.69, 9.17) is 4.74 Å². The number of hydrogen-bond acceptors (Lipinski definition) is 4. The van der Waals surface area contributed by atoms with Crippen molar-refractivity contribution in [3.63, 3.8) is 0 Å². The third-order valence-corrected chi connectivity index (χ3v) is 4.58. The fourth-order valence-corrected chi connectivity index (χ4v) is 3.39. The summed E-state index contributed by atoms with van der Waals surface area (Å²) in [5, 5.41) is 3.30. The molecule has 1 aromatic rings. The second-order valence-electron chi connectivity index (χ2n) is 6.23. The number of benzene rings is 1. The molecule has 6 nitrogen and oxygen atoms in total. The average molecular weight is 368 g/mol. The smallest absolute Gasteiger partial charge is 0.228 e. The number of nitrogens with one attached hydrogen (secondary N) is 1. The van der Waals surface area contributed by atoms with Crippen LogP contribution in [0.4, 0.5) is 5.69 Å². The molecule has 1 unspecified atom stereocenters. The normalized spacial score (nSPS) is 20.8. The molecule has 7 heteroatoms. The van der Waals surface area contributed by atoms with Crippen LogP contribution < -0.4 is 15.0 Å². The number of ether oxygens (including phenoxy) is 1. The van der Waals surface area contributed by atoms with Crippen LogP contribution in [0.2, 0.25) is 0 Å². The van der Waals surface area contributed by atoms with Gasteiger partial charge >= 0.3 is 0 Å². The first-order chi connectivity index (χ1) is 11.7. The third kappa shape index (κ3) is 4.44. The lowest BCUT2D eigenvalue weighted by Gasteiger charge is -2.24. The van der Waals surface area contributed by atoms with Gasteiger partial charge in [0.1, 0.15) is 5.75 Å². The molecule has 1 aromatic carbocycles. The summed E-state index contributed by atoms with van der Waals surface area (Å²) in [5.41, 5.74) is 0.761. The van der Waals surface area contributed by atoms with Crippen LogP contribution in [-0.4, -0.2) is 56.0 Å². The Bertz CT molecular complexity index is 603. The number of rotatable bonds is 4. The van der Waals surface area contributed by atoms with Crippen molar-refractivity contribution in [3.8, 4) is 5.75 Å². The average Bonchev–Trinajstić information content (AvgIpc) is 2.81. The molecule has 2 aliphatic heterocycles. The molecule has 138 valence electrons. The van der Waals surface area contributed by atoms with Crippen molar-refractivity contribution >= 4 is 29.9 Å². The molecular formula is C18H26ClN3O3. The molecule has 3 rings (SSSR count). The topological polar surface area (TPSA) is 61.9 Å². The van der Waals surface area contributed by atoms with Gasteiger partial charge in [0.05, 0.1) is 18.2 Å². The fraction of sp³-hybridized carbons (Fsp3) is 0.556. The predicted octanol–water partition coefficient (Wildman–Crippen LogP) is 1.68. The number of nitrogens with zero attached hydrogens (tertiary/aromatic N) is 2. The number of halogens is 1. The van der Waals surface area contributed by atoms with Crippen molar-refractivity contribution in [2.45, 2.75) is 19.8 Å². The van der Waals surface area contributed by atoms with Crippen LogP contribution in [-0.2, 0) is 9.59 Å². The zero-order valence-corrected chi connectivity index (χ0v) is 15.4. The highest BCUT2D eigenvalue weighted by Gasteiger charge is 2.38.